The minimum Gasteiger partial charge on any atom is -0.494 e. The number of benzene rings is 4. The van der Waals surface area contributed by atoms with Crippen LogP contribution in [0.5, 0.6) is 17.2 Å². The number of aliphatic hydroxyl groups is 2. The van der Waals surface area contributed by atoms with Gasteiger partial charge in [-0.1, -0.05) is 6.07 Å². The Hall–Kier alpha value is -6.92. The number of aliphatic hydroxyl groups excluding tert-OH is 2. The number of hydrogen-bond acceptors (Lipinski definition) is 20. The third-order valence-corrected chi connectivity index (χ3v) is 9.69. The molecule has 0 radical (unpaired) electrons. The summed E-state index contributed by atoms with van der Waals surface area (Å²) in [5.74, 6) is 0.683. The summed E-state index contributed by atoms with van der Waals surface area (Å²) in [4.78, 5) is 3.85. The van der Waals surface area contributed by atoms with Crippen molar-refractivity contribution in [1.29, 1.82) is 5.26 Å². The van der Waals surface area contributed by atoms with Crippen molar-refractivity contribution in [3.05, 3.63) is 95.6 Å². The molecule has 0 fully saturated rings. The summed E-state index contributed by atoms with van der Waals surface area (Å²) in [7, 11) is -10.6. The van der Waals surface area contributed by atoms with Crippen LogP contribution < -0.4 is 24.8 Å². The topological polar surface area (TPSA) is 338 Å². The van der Waals surface area contributed by atoms with Crippen molar-refractivity contribution < 1.29 is 63.0 Å². The van der Waals surface area contributed by atoms with Crippen molar-refractivity contribution >= 4 is 76.6 Å². The second kappa shape index (κ2) is 21.6. The maximum absolute atomic E-state index is 11.7. The lowest BCUT2D eigenvalue weighted by molar-refractivity contribution is 0.198. The largest absolute Gasteiger partial charge is 0.494 e. The summed E-state index contributed by atoms with van der Waals surface area (Å²) in [5, 5.41) is 52.9. The normalized spacial score (nSPS) is 11.4. The Kier molecular flexibility index (Phi) is 16.6. The van der Waals surface area contributed by atoms with Gasteiger partial charge in [-0.2, -0.15) is 22.1 Å². The minimum absolute atomic E-state index is 0.00206. The van der Waals surface area contributed by atoms with Crippen LogP contribution in [0.3, 0.4) is 0 Å². The van der Waals surface area contributed by atoms with Gasteiger partial charge in [0.1, 0.15) is 59.3 Å². The highest BCUT2D eigenvalue weighted by atomic mass is 32.2. The van der Waals surface area contributed by atoms with Gasteiger partial charge in [0, 0.05) is 29.1 Å². The molecular formula is C37H36N8O14S3. The maximum atomic E-state index is 11.7. The Labute approximate surface area is 355 Å². The maximum Gasteiger partial charge on any atom is 0.425 e. The third-order valence-electron chi connectivity index (χ3n) is 7.95. The molecule has 22 nitrogen and oxygen atoms in total. The number of aryl methyl sites for hydroxylation is 1. The number of nitrogens with zero attached hydrogens (tertiary/aromatic N) is 6. The molecule has 0 bridgehead atoms. The third kappa shape index (κ3) is 13.3. The quantitative estimate of drug-likeness (QED) is 0.0451. The fourth-order valence-corrected chi connectivity index (χ4v) is 6.11. The van der Waals surface area contributed by atoms with Gasteiger partial charge < -0.3 is 35.1 Å². The van der Waals surface area contributed by atoms with E-state index in [-0.39, 0.29) is 93.2 Å². The monoisotopic (exact) mass is 912 g/mol. The molecule has 1 aromatic heterocycles. The fourth-order valence-electron chi connectivity index (χ4n) is 5.15. The van der Waals surface area contributed by atoms with E-state index in [0.29, 0.717) is 17.1 Å². The molecule has 62 heavy (non-hydrogen) atoms. The minimum atomic E-state index is -4.50. The first-order valence-corrected chi connectivity index (χ1v) is 21.3. The molecule has 0 spiro atoms. The molecule has 0 saturated carbocycles. The van der Waals surface area contributed by atoms with Crippen LogP contribution in [0.25, 0.3) is 0 Å². The summed E-state index contributed by atoms with van der Waals surface area (Å²) in [5.41, 5.74) is 2.44. The Morgan fingerprint density at radius 2 is 1.11 bits per heavy atom. The summed E-state index contributed by atoms with van der Waals surface area (Å²) in [6, 6.07) is 20.3. The van der Waals surface area contributed by atoms with Crippen molar-refractivity contribution in [2.75, 3.05) is 44.2 Å². The van der Waals surface area contributed by atoms with E-state index in [2.05, 4.69) is 42.1 Å². The van der Waals surface area contributed by atoms with Gasteiger partial charge in [0.05, 0.1) is 35.7 Å². The average Bonchev–Trinajstić information content (AvgIpc) is 3.21. The highest BCUT2D eigenvalue weighted by Crippen LogP contribution is 2.44. The number of pyridine rings is 1. The molecule has 25 heteroatoms. The number of methoxy groups -OCH3 is 1. The molecule has 4 aromatic carbocycles. The van der Waals surface area contributed by atoms with Crippen LogP contribution in [-0.2, 0) is 30.8 Å². The Balaban J connectivity index is 0.00000202. The zero-order valence-electron chi connectivity index (χ0n) is 32.6. The molecular weight excluding hydrogens is 877 g/mol. The van der Waals surface area contributed by atoms with E-state index in [1.165, 1.54) is 43.5 Å². The summed E-state index contributed by atoms with van der Waals surface area (Å²) in [6.07, 6.45) is 0. The van der Waals surface area contributed by atoms with E-state index in [1.54, 1.807) is 19.1 Å². The van der Waals surface area contributed by atoms with Gasteiger partial charge in [-0.15, -0.1) is 33.1 Å². The molecule has 5 rings (SSSR count). The number of anilines is 4. The van der Waals surface area contributed by atoms with Crippen LogP contribution in [0.2, 0.25) is 0 Å². The molecule has 0 saturated heterocycles. The van der Waals surface area contributed by atoms with Crippen molar-refractivity contribution in [3.8, 4) is 23.3 Å². The molecule has 326 valence electrons. The van der Waals surface area contributed by atoms with Crippen molar-refractivity contribution in [2.45, 2.75) is 23.6 Å². The van der Waals surface area contributed by atoms with Crippen LogP contribution in [0.1, 0.15) is 16.7 Å². The van der Waals surface area contributed by atoms with Crippen LogP contribution in [-0.4, -0.2) is 87.3 Å². The lowest BCUT2D eigenvalue weighted by Crippen LogP contribution is -2.05. The predicted octanol–water partition coefficient (Wildman–Crippen LogP) is 6.13. The SMILES string of the molecule is COc1ccc(C)cc1N=Nc1cc(OCCO)c(N=Nc2c(Nc3ccc(S(=O)(=O)O)cc3)nc(Nc3ccc(S(=O)(=O)O)cc3)c(C#N)c2C)cc1OCCO.O=S(=O)=O. The zero-order valence-corrected chi connectivity index (χ0v) is 35.1. The molecule has 0 aliphatic carbocycles. The standard InChI is InChI=1S/C37H36N8O11S2.O3S/c1-22-4-13-32(54-3)29(18-22)42-43-30-19-34(56-17-15-47)31(20-33(30)55-16-14-46)44-45-35-23(2)28(21-38)36(39-24-5-9-26(10-6-24)57(48,49)50)41-37(35)40-25-7-11-27(12-8-25)58(51,52)53;1-4(2)3/h4-13,18-20,46-47H,14-17H2,1-3H3,(H2,39,40,41)(H,48,49,50)(H,51,52,53);. The molecule has 0 aliphatic rings. The number of hydrogen-bond donors (Lipinski definition) is 6. The molecule has 0 atom stereocenters. The number of aromatic nitrogens is 1. The van der Waals surface area contributed by atoms with E-state index in [9.17, 15) is 41.4 Å². The van der Waals surface area contributed by atoms with Gasteiger partial charge >= 0.3 is 10.6 Å². The number of nitrogens with one attached hydrogen (secondary N) is 2. The van der Waals surface area contributed by atoms with Crippen LogP contribution >= 0.6 is 0 Å². The first-order chi connectivity index (χ1) is 29.4. The second-order valence-corrected chi connectivity index (χ2v) is 15.5. The van der Waals surface area contributed by atoms with Crippen LogP contribution in [0.15, 0.2) is 109 Å². The van der Waals surface area contributed by atoms with E-state index in [0.717, 1.165) is 29.8 Å². The average molecular weight is 913 g/mol. The van der Waals surface area contributed by atoms with Gasteiger partial charge in [0.15, 0.2) is 11.6 Å². The fraction of sp³-hybridized carbons (Fsp3) is 0.189. The van der Waals surface area contributed by atoms with Gasteiger partial charge in [0.25, 0.3) is 20.2 Å². The van der Waals surface area contributed by atoms with Crippen molar-refractivity contribution in [3.63, 3.8) is 0 Å². The van der Waals surface area contributed by atoms with Gasteiger partial charge in [-0.05, 0) is 80.1 Å². The van der Waals surface area contributed by atoms with E-state index in [1.807, 2.05) is 13.0 Å². The van der Waals surface area contributed by atoms with Gasteiger partial charge in [0.2, 0.25) is 0 Å². The summed E-state index contributed by atoms with van der Waals surface area (Å²) >= 11 is 0. The first kappa shape index (κ1) is 47.8. The second-order valence-electron chi connectivity index (χ2n) is 12.2. The number of rotatable bonds is 17. The molecule has 0 amide bonds. The van der Waals surface area contributed by atoms with Crippen molar-refractivity contribution in [1.82, 2.24) is 4.98 Å². The van der Waals surface area contributed by atoms with E-state index in [4.69, 9.17) is 26.8 Å². The lowest BCUT2D eigenvalue weighted by atomic mass is 10.1. The molecule has 0 aliphatic heterocycles. The van der Waals surface area contributed by atoms with Crippen LogP contribution in [0.4, 0.5) is 45.8 Å². The Bertz CT molecular complexity index is 2850. The molecule has 0 unspecified atom stereocenters. The van der Waals surface area contributed by atoms with E-state index >= 15 is 0 Å². The number of ether oxygens (including phenoxy) is 3. The molecule has 5 aromatic rings. The lowest BCUT2D eigenvalue weighted by Gasteiger charge is -2.16. The van der Waals surface area contributed by atoms with Crippen molar-refractivity contribution in [2.24, 2.45) is 20.5 Å². The van der Waals surface area contributed by atoms with Crippen LogP contribution in [0, 0.1) is 25.2 Å². The number of nitriles is 1. The summed E-state index contributed by atoms with van der Waals surface area (Å²) in [6.45, 7) is 2.46. The predicted molar refractivity (Wildman–Crippen MR) is 220 cm³/mol. The highest BCUT2D eigenvalue weighted by Gasteiger charge is 2.21. The van der Waals surface area contributed by atoms with E-state index < -0.39 is 30.8 Å². The molecule has 6 N–H and O–H groups in total. The van der Waals surface area contributed by atoms with Gasteiger partial charge in [-0.3, -0.25) is 9.11 Å². The first-order valence-electron chi connectivity index (χ1n) is 17.4. The van der Waals surface area contributed by atoms with Gasteiger partial charge in [-0.25, -0.2) is 4.98 Å². The Morgan fingerprint density at radius 1 is 0.677 bits per heavy atom. The smallest absolute Gasteiger partial charge is 0.425 e. The molecule has 1 heterocycles. The summed E-state index contributed by atoms with van der Waals surface area (Å²) < 4.78 is 108. The number of azo groups is 2. The zero-order chi connectivity index (χ0) is 45.6. The highest BCUT2D eigenvalue weighted by molar-refractivity contribution is 7.86. The Morgan fingerprint density at radius 3 is 1.53 bits per heavy atom.